The fraction of sp³-hybridized carbons (Fsp3) is 0.250. The van der Waals surface area contributed by atoms with E-state index in [1.807, 2.05) is 73.9 Å². The third-order valence-electron chi connectivity index (χ3n) is 7.55. The van der Waals surface area contributed by atoms with Crippen LogP contribution in [0.1, 0.15) is 50.2 Å². The van der Waals surface area contributed by atoms with Gasteiger partial charge < -0.3 is 10.6 Å². The Morgan fingerprint density at radius 1 is 1.00 bits per heavy atom. The van der Waals surface area contributed by atoms with Crippen molar-refractivity contribution in [3.8, 4) is 28.5 Å². The molecule has 0 bridgehead atoms. The van der Waals surface area contributed by atoms with E-state index in [4.69, 9.17) is 0 Å². The molecular formula is C36H38N10O. The highest BCUT2D eigenvalue weighted by Crippen LogP contribution is 2.23. The van der Waals surface area contributed by atoms with Crippen LogP contribution in [0.5, 0.6) is 0 Å². The van der Waals surface area contributed by atoms with E-state index >= 15 is 0 Å². The van der Waals surface area contributed by atoms with Gasteiger partial charge in [-0.2, -0.15) is 10.4 Å². The van der Waals surface area contributed by atoms with Crippen molar-refractivity contribution in [3.63, 3.8) is 0 Å². The molecule has 0 aliphatic carbocycles. The first-order valence-corrected chi connectivity index (χ1v) is 15.7. The summed E-state index contributed by atoms with van der Waals surface area (Å²) in [4.78, 5) is 32.7. The Morgan fingerprint density at radius 2 is 1.83 bits per heavy atom. The third kappa shape index (κ3) is 9.08. The van der Waals surface area contributed by atoms with Crippen LogP contribution in [0.15, 0.2) is 104 Å². The van der Waals surface area contributed by atoms with E-state index in [1.54, 1.807) is 46.8 Å². The summed E-state index contributed by atoms with van der Waals surface area (Å²) >= 11 is 0. The molecule has 5 rings (SSSR count). The molecule has 0 saturated heterocycles. The maximum absolute atomic E-state index is 13.4. The summed E-state index contributed by atoms with van der Waals surface area (Å²) in [7, 11) is 1.87. The van der Waals surface area contributed by atoms with Crippen LogP contribution in [0.2, 0.25) is 0 Å². The average Bonchev–Trinajstić information content (AvgIpc) is 3.55. The summed E-state index contributed by atoms with van der Waals surface area (Å²) in [5.74, 6) is 1.01. The zero-order chi connectivity index (χ0) is 32.8. The van der Waals surface area contributed by atoms with Crippen LogP contribution >= 0.6 is 0 Å². The van der Waals surface area contributed by atoms with Crippen LogP contribution in [0.4, 0.5) is 16.6 Å². The molecule has 47 heavy (non-hydrogen) atoms. The highest BCUT2D eigenvalue weighted by Gasteiger charge is 2.16. The normalized spacial score (nSPS) is 11.6. The lowest BCUT2D eigenvalue weighted by atomic mass is 10.0. The van der Waals surface area contributed by atoms with Crippen LogP contribution in [-0.4, -0.2) is 41.8 Å². The van der Waals surface area contributed by atoms with Gasteiger partial charge in [-0.25, -0.2) is 19.7 Å². The summed E-state index contributed by atoms with van der Waals surface area (Å²) in [5.41, 5.74) is 4.70. The molecule has 0 saturated carbocycles. The number of unbranched alkanes of at least 4 members (excludes halogenated alkanes) is 1. The number of carbonyl (C=O) groups excluding carboxylic acids is 1. The largest absolute Gasteiger partial charge is 0.351 e. The van der Waals surface area contributed by atoms with E-state index < -0.39 is 0 Å². The van der Waals surface area contributed by atoms with E-state index in [0.717, 1.165) is 54.4 Å². The topological polar surface area (TPSA) is 138 Å². The molecule has 11 nitrogen and oxygen atoms in total. The smallest absolute Gasteiger partial charge is 0.327 e. The van der Waals surface area contributed by atoms with Gasteiger partial charge in [-0.05, 0) is 55.5 Å². The molecule has 0 radical (unpaired) electrons. The number of anilines is 2. The molecule has 1 aromatic carbocycles. The van der Waals surface area contributed by atoms with Crippen molar-refractivity contribution < 1.29 is 4.79 Å². The van der Waals surface area contributed by atoms with Crippen molar-refractivity contribution in [2.75, 3.05) is 10.2 Å². The predicted molar refractivity (Wildman–Crippen MR) is 183 cm³/mol. The lowest BCUT2D eigenvalue weighted by molar-refractivity contribution is 0.248. The van der Waals surface area contributed by atoms with Gasteiger partial charge in [0.2, 0.25) is 5.95 Å². The number of nitrogens with zero attached hydrogens (tertiary/aromatic N) is 8. The van der Waals surface area contributed by atoms with Crippen LogP contribution in [-0.2, 0) is 13.6 Å². The van der Waals surface area contributed by atoms with Gasteiger partial charge in [-0.1, -0.05) is 49.8 Å². The fourth-order valence-electron chi connectivity index (χ4n) is 5.12. The van der Waals surface area contributed by atoms with Gasteiger partial charge in [0.05, 0.1) is 23.7 Å². The number of pyridine rings is 2. The van der Waals surface area contributed by atoms with Gasteiger partial charge in [-0.15, -0.1) is 0 Å². The summed E-state index contributed by atoms with van der Waals surface area (Å²) in [6.45, 7) is 2.55. The van der Waals surface area contributed by atoms with Gasteiger partial charge >= 0.3 is 6.03 Å². The summed E-state index contributed by atoms with van der Waals surface area (Å²) in [5, 5.41) is 20.3. The van der Waals surface area contributed by atoms with Crippen molar-refractivity contribution >= 4 is 17.8 Å². The molecule has 0 spiro atoms. The number of allylic oxidation sites excluding steroid dienone is 1. The molecule has 0 aliphatic heterocycles. The number of benzene rings is 1. The molecule has 2 N–H and O–H groups in total. The zero-order valence-corrected chi connectivity index (χ0v) is 26.6. The van der Waals surface area contributed by atoms with Crippen molar-refractivity contribution in [1.29, 1.82) is 5.26 Å². The van der Waals surface area contributed by atoms with Crippen LogP contribution < -0.4 is 15.5 Å². The molecule has 4 heterocycles. The first kappa shape index (κ1) is 32.5. The Labute approximate surface area is 275 Å². The number of urea groups is 1. The van der Waals surface area contributed by atoms with Crippen LogP contribution in [0, 0.1) is 11.3 Å². The summed E-state index contributed by atoms with van der Waals surface area (Å²) in [6, 6.07) is 19.3. The lowest BCUT2D eigenvalue weighted by Crippen LogP contribution is -2.36. The molecule has 238 valence electrons. The lowest BCUT2D eigenvalue weighted by Gasteiger charge is -2.19. The molecule has 11 heteroatoms. The van der Waals surface area contributed by atoms with Crippen LogP contribution in [0.3, 0.4) is 0 Å². The van der Waals surface area contributed by atoms with Gasteiger partial charge in [0, 0.05) is 67.3 Å². The van der Waals surface area contributed by atoms with Gasteiger partial charge in [0.15, 0.2) is 0 Å². The minimum absolute atomic E-state index is 0.151. The number of hydrogen-bond acceptors (Lipinski definition) is 8. The van der Waals surface area contributed by atoms with E-state index in [2.05, 4.69) is 48.7 Å². The molecule has 4 aromatic heterocycles. The number of aryl methyl sites for hydroxylation is 1. The molecule has 0 aliphatic rings. The quantitative estimate of drug-likeness (QED) is 0.127. The first-order valence-electron chi connectivity index (χ1n) is 15.7. The number of amides is 2. The number of carbonyl (C=O) groups is 1. The number of rotatable bonds is 14. The second kappa shape index (κ2) is 16.4. The van der Waals surface area contributed by atoms with E-state index in [0.29, 0.717) is 29.6 Å². The van der Waals surface area contributed by atoms with E-state index in [1.165, 1.54) is 0 Å². The summed E-state index contributed by atoms with van der Waals surface area (Å²) < 4.78 is 1.74. The first-order chi connectivity index (χ1) is 23.0. The predicted octanol–water partition coefficient (Wildman–Crippen LogP) is 6.89. The number of hydrogen-bond donors (Lipinski definition) is 2. The minimum Gasteiger partial charge on any atom is -0.351 e. The molecule has 5 aromatic rings. The highest BCUT2D eigenvalue weighted by molar-refractivity contribution is 5.92. The van der Waals surface area contributed by atoms with E-state index in [9.17, 15) is 10.1 Å². The number of aromatic nitrogens is 6. The van der Waals surface area contributed by atoms with Gasteiger partial charge in [0.25, 0.3) is 0 Å². The zero-order valence-electron chi connectivity index (χ0n) is 26.6. The molecule has 2 amide bonds. The van der Waals surface area contributed by atoms with Crippen molar-refractivity contribution in [2.24, 2.45) is 7.05 Å². The second-order valence-corrected chi connectivity index (χ2v) is 11.1. The molecule has 0 unspecified atom stereocenters. The number of nitrogens with one attached hydrogen (secondary N) is 2. The Balaban J connectivity index is 1.23. The Hall–Kier alpha value is -5.89. The van der Waals surface area contributed by atoms with Crippen LogP contribution in [0.25, 0.3) is 22.4 Å². The fourth-order valence-corrected chi connectivity index (χ4v) is 5.12. The summed E-state index contributed by atoms with van der Waals surface area (Å²) in [6.07, 6.45) is 18.6. The second-order valence-electron chi connectivity index (χ2n) is 11.1. The van der Waals surface area contributed by atoms with Crippen molar-refractivity contribution in [3.05, 3.63) is 115 Å². The molecule has 0 fully saturated rings. The highest BCUT2D eigenvalue weighted by atomic mass is 16.2. The van der Waals surface area contributed by atoms with Crippen molar-refractivity contribution in [1.82, 2.24) is 35.0 Å². The van der Waals surface area contributed by atoms with Gasteiger partial charge in [0.1, 0.15) is 11.9 Å². The monoisotopic (exact) mass is 626 g/mol. The Kier molecular flexibility index (Phi) is 11.4. The average molecular weight is 627 g/mol. The number of nitriles is 1. The Bertz CT molecular complexity index is 1800. The van der Waals surface area contributed by atoms with E-state index in [-0.39, 0.29) is 12.1 Å². The molecular weight excluding hydrogens is 588 g/mol. The minimum atomic E-state index is -0.264. The standard InChI is InChI=1S/C36H38N10O/c1-3-10-32(43-35-40-24-30(21-37)34(44-35)28-16-18-38-19-17-28)13-8-5-9-20-46(36(47)41-22-27-11-6-4-7-12-27)33-15-14-29(23-39-33)31-25-42-45(2)26-31/h4,6-7,9,11-12,14-20,23-26,32H,3,5,8,10,13,22H2,1-2H3,(H,41,47)(H,40,43,44)/b20-9+/t32-/m1/s1. The molecule has 1 atom stereocenters. The van der Waals surface area contributed by atoms with Crippen molar-refractivity contribution in [2.45, 2.75) is 51.6 Å². The maximum Gasteiger partial charge on any atom is 0.327 e. The SMILES string of the molecule is CCC[C@H](CCC/C=C/N(C(=O)NCc1ccccc1)c1ccc(-c2cnn(C)c2)cn1)Nc1ncc(C#N)c(-c2ccncc2)n1. The maximum atomic E-state index is 13.4. The Morgan fingerprint density at radius 3 is 2.53 bits per heavy atom. The van der Waals surface area contributed by atoms with Gasteiger partial charge in [-0.3, -0.25) is 14.6 Å². The third-order valence-corrected chi connectivity index (χ3v) is 7.55.